The topological polar surface area (TPSA) is 45.0 Å². The summed E-state index contributed by atoms with van der Waals surface area (Å²) in [6.45, 7) is 1.76. The van der Waals surface area contributed by atoms with Crippen molar-refractivity contribution < 1.29 is 13.5 Å². The third-order valence-electron chi connectivity index (χ3n) is 8.35. The predicted molar refractivity (Wildman–Crippen MR) is 158 cm³/mol. The lowest BCUT2D eigenvalue weighted by molar-refractivity contribution is 0.142. The van der Waals surface area contributed by atoms with Gasteiger partial charge in [-0.25, -0.2) is 4.39 Å². The molecule has 2 heterocycles. The van der Waals surface area contributed by atoms with Crippen LogP contribution in [0.15, 0.2) is 65.3 Å². The number of hydrogen-bond acceptors (Lipinski definition) is 6. The van der Waals surface area contributed by atoms with Crippen molar-refractivity contribution in [2.75, 3.05) is 50.7 Å². The lowest BCUT2D eigenvalue weighted by atomic mass is 9.74. The zero-order chi connectivity index (χ0) is 27.4. The number of halogens is 1. The van der Waals surface area contributed by atoms with Crippen LogP contribution in [0.4, 0.5) is 15.9 Å². The maximum absolute atomic E-state index is 13.6. The summed E-state index contributed by atoms with van der Waals surface area (Å²) in [6.07, 6.45) is 7.29. The molecule has 1 aromatic heterocycles. The molecule has 39 heavy (non-hydrogen) atoms. The molecule has 3 aromatic rings. The minimum atomic E-state index is -0.182. The van der Waals surface area contributed by atoms with E-state index in [0.29, 0.717) is 37.6 Å². The summed E-state index contributed by atoms with van der Waals surface area (Å²) in [5, 5.41) is 0. The zero-order valence-electron chi connectivity index (χ0n) is 23.1. The van der Waals surface area contributed by atoms with Gasteiger partial charge in [-0.2, -0.15) is 4.98 Å². The van der Waals surface area contributed by atoms with Gasteiger partial charge in [0.25, 0.3) is 0 Å². The molecule has 0 amide bonds. The lowest BCUT2D eigenvalue weighted by Gasteiger charge is -2.39. The number of aromatic nitrogens is 1. The molecule has 0 N–H and O–H groups in total. The Bertz CT molecular complexity index is 1210. The first-order valence-corrected chi connectivity index (χ1v) is 14.3. The Labute approximate surface area is 236 Å². The molecule has 1 saturated carbocycles. The Morgan fingerprint density at radius 2 is 1.74 bits per heavy atom. The summed E-state index contributed by atoms with van der Waals surface area (Å²) in [6, 6.07) is 17.8. The molecule has 2 aromatic carbocycles. The fourth-order valence-electron chi connectivity index (χ4n) is 6.29. The van der Waals surface area contributed by atoms with Crippen LogP contribution in [0.2, 0.25) is 0 Å². The fourth-order valence-corrected chi connectivity index (χ4v) is 6.56. The van der Waals surface area contributed by atoms with Crippen LogP contribution in [0, 0.1) is 17.7 Å². The quantitative estimate of drug-likeness (QED) is 0.276. The summed E-state index contributed by atoms with van der Waals surface area (Å²) in [5.74, 6) is 2.42. The Kier molecular flexibility index (Phi) is 8.95. The molecule has 5 rings (SSSR count). The zero-order valence-corrected chi connectivity index (χ0v) is 23.9. The molecule has 0 bridgehead atoms. The summed E-state index contributed by atoms with van der Waals surface area (Å²) in [4.78, 5) is 12.3. The molecule has 8 heteroatoms. The molecule has 6 nitrogen and oxygen atoms in total. The highest BCUT2D eigenvalue weighted by Gasteiger charge is 2.34. The van der Waals surface area contributed by atoms with Gasteiger partial charge >= 0.3 is 0 Å². The van der Waals surface area contributed by atoms with E-state index in [1.165, 1.54) is 5.56 Å². The highest BCUT2D eigenvalue weighted by Crippen LogP contribution is 2.43. The molecule has 2 fully saturated rings. The number of anilines is 2. The van der Waals surface area contributed by atoms with Gasteiger partial charge in [0, 0.05) is 25.3 Å². The van der Waals surface area contributed by atoms with Crippen LogP contribution in [0.3, 0.4) is 0 Å². The Morgan fingerprint density at radius 3 is 2.41 bits per heavy atom. The molecule has 0 spiro atoms. The first-order chi connectivity index (χ1) is 18.9. The van der Waals surface area contributed by atoms with E-state index in [-0.39, 0.29) is 11.9 Å². The molecule has 0 radical (unpaired) electrons. The van der Waals surface area contributed by atoms with Crippen molar-refractivity contribution >= 4 is 28.7 Å². The number of oxazole rings is 1. The van der Waals surface area contributed by atoms with Gasteiger partial charge in [0.15, 0.2) is 5.82 Å². The largest absolute Gasteiger partial charge is 0.444 e. The highest BCUT2D eigenvalue weighted by molar-refractivity contribution is 7.80. The number of thiocarbonyl (C=S) groups is 1. The normalized spacial score (nSPS) is 21.7. The monoisotopic (exact) mass is 550 g/mol. The van der Waals surface area contributed by atoms with Gasteiger partial charge in [-0.3, -0.25) is 0 Å². The van der Waals surface area contributed by atoms with Gasteiger partial charge in [-0.1, -0.05) is 55.4 Å². The van der Waals surface area contributed by atoms with E-state index in [1.807, 2.05) is 23.1 Å². The van der Waals surface area contributed by atoms with Crippen LogP contribution in [0.1, 0.15) is 55.6 Å². The first kappa shape index (κ1) is 27.7. The van der Waals surface area contributed by atoms with Crippen LogP contribution >= 0.6 is 12.2 Å². The van der Waals surface area contributed by atoms with Gasteiger partial charge in [-0.05, 0) is 75.0 Å². The maximum atomic E-state index is 13.6. The molecule has 1 saturated heterocycles. The number of morpholine rings is 1. The maximum Gasteiger partial charge on any atom is 0.218 e. The fraction of sp³-hybridized carbons (Fsp3) is 0.484. The Hall–Kier alpha value is -2.81. The van der Waals surface area contributed by atoms with E-state index < -0.39 is 0 Å². The molecule has 2 atom stereocenters. The van der Waals surface area contributed by atoms with E-state index in [2.05, 4.69) is 55.2 Å². The average Bonchev–Trinajstić information content (AvgIpc) is 3.44. The Morgan fingerprint density at radius 1 is 1.03 bits per heavy atom. The van der Waals surface area contributed by atoms with Gasteiger partial charge < -0.3 is 23.9 Å². The van der Waals surface area contributed by atoms with Crippen molar-refractivity contribution in [2.24, 2.45) is 11.8 Å². The molecule has 1 aliphatic heterocycles. The van der Waals surface area contributed by atoms with Gasteiger partial charge in [0.2, 0.25) is 5.89 Å². The van der Waals surface area contributed by atoms with E-state index in [0.717, 1.165) is 54.5 Å². The van der Waals surface area contributed by atoms with Gasteiger partial charge in [0.05, 0.1) is 13.2 Å². The number of nitrogens with zero attached hydrogens (tertiary/aromatic N) is 4. The third-order valence-corrected chi connectivity index (χ3v) is 8.69. The minimum Gasteiger partial charge on any atom is -0.444 e. The highest BCUT2D eigenvalue weighted by atomic mass is 32.1. The SMILES string of the molecule is CN(C)C(c1ccc(F)cc1)C1CCC(CC(c2nc(N3CCOCC3=S)co2)N(C)c2ccccc2)CC1. The molecular formula is C31H39FN4O2S. The van der Waals surface area contributed by atoms with Gasteiger partial charge in [0.1, 0.15) is 23.1 Å². The second kappa shape index (κ2) is 12.6. The summed E-state index contributed by atoms with van der Waals surface area (Å²) in [7, 11) is 6.39. The van der Waals surface area contributed by atoms with Crippen molar-refractivity contribution in [3.05, 3.63) is 78.1 Å². The molecule has 2 unspecified atom stereocenters. The lowest BCUT2D eigenvalue weighted by Crippen LogP contribution is -2.40. The Balaban J connectivity index is 1.31. The smallest absolute Gasteiger partial charge is 0.218 e. The summed E-state index contributed by atoms with van der Waals surface area (Å²) >= 11 is 5.52. The van der Waals surface area contributed by atoms with Crippen molar-refractivity contribution in [3.8, 4) is 0 Å². The standard InChI is InChI=1S/C31H39FN4O2S/c1-34(2)30(24-13-15-25(32)16-14-24)23-11-9-22(10-12-23)19-27(35(3)26-7-5-4-6-8-26)31-33-28(20-38-31)36-17-18-37-21-29(36)39/h4-8,13-16,20,22-23,27,30H,9-12,17-19,21H2,1-3H3. The average molecular weight is 551 g/mol. The van der Waals surface area contributed by atoms with Crippen molar-refractivity contribution in [1.29, 1.82) is 0 Å². The van der Waals surface area contributed by atoms with Crippen LogP contribution in [-0.4, -0.2) is 55.8 Å². The van der Waals surface area contributed by atoms with Crippen molar-refractivity contribution in [3.63, 3.8) is 0 Å². The number of rotatable bonds is 9. The molecule has 1 aliphatic carbocycles. The molecule has 2 aliphatic rings. The second-order valence-corrected chi connectivity index (χ2v) is 11.6. The number of hydrogen-bond donors (Lipinski definition) is 0. The summed E-state index contributed by atoms with van der Waals surface area (Å²) in [5.41, 5.74) is 2.33. The third kappa shape index (κ3) is 6.51. The van der Waals surface area contributed by atoms with E-state index in [9.17, 15) is 4.39 Å². The van der Waals surface area contributed by atoms with Crippen molar-refractivity contribution in [2.45, 2.75) is 44.2 Å². The minimum absolute atomic E-state index is 0.0130. The number of benzene rings is 2. The van der Waals surface area contributed by atoms with Crippen LogP contribution in [-0.2, 0) is 4.74 Å². The van der Waals surface area contributed by atoms with Crippen LogP contribution in [0.5, 0.6) is 0 Å². The molecule has 208 valence electrons. The van der Waals surface area contributed by atoms with Crippen LogP contribution in [0.25, 0.3) is 0 Å². The van der Waals surface area contributed by atoms with Crippen LogP contribution < -0.4 is 9.80 Å². The van der Waals surface area contributed by atoms with Gasteiger partial charge in [-0.15, -0.1) is 0 Å². The predicted octanol–water partition coefficient (Wildman–Crippen LogP) is 6.65. The molecular weight excluding hydrogens is 511 g/mol. The van der Waals surface area contributed by atoms with E-state index in [4.69, 9.17) is 26.4 Å². The van der Waals surface area contributed by atoms with E-state index in [1.54, 1.807) is 18.4 Å². The number of ether oxygens (including phenoxy) is 1. The van der Waals surface area contributed by atoms with Crippen molar-refractivity contribution in [1.82, 2.24) is 9.88 Å². The number of para-hydroxylation sites is 1. The van der Waals surface area contributed by atoms with E-state index >= 15 is 0 Å². The second-order valence-electron chi connectivity index (χ2n) is 11.1. The first-order valence-electron chi connectivity index (χ1n) is 13.9. The summed E-state index contributed by atoms with van der Waals surface area (Å²) < 4.78 is 25.2.